The van der Waals surface area contributed by atoms with Crippen LogP contribution in [-0.2, 0) is 11.3 Å². The van der Waals surface area contributed by atoms with Crippen LogP contribution in [0.1, 0.15) is 31.2 Å². The number of hydrogen-bond acceptors (Lipinski definition) is 3. The zero-order chi connectivity index (χ0) is 19.8. The summed E-state index contributed by atoms with van der Waals surface area (Å²) in [5, 5.41) is 6.51. The Morgan fingerprint density at radius 2 is 1.90 bits per heavy atom. The molecule has 0 aromatic heterocycles. The predicted molar refractivity (Wildman–Crippen MR) is 125 cm³/mol. The highest BCUT2D eigenvalue weighted by Gasteiger charge is 2.29. The van der Waals surface area contributed by atoms with Crippen LogP contribution in [0, 0.1) is 11.7 Å². The van der Waals surface area contributed by atoms with Gasteiger partial charge >= 0.3 is 0 Å². The normalized spacial score (nSPS) is 18.4. The van der Waals surface area contributed by atoms with E-state index in [1.54, 1.807) is 13.1 Å². The van der Waals surface area contributed by atoms with E-state index in [1.165, 1.54) is 25.0 Å². The fourth-order valence-corrected chi connectivity index (χ4v) is 4.01. The van der Waals surface area contributed by atoms with Gasteiger partial charge in [0.2, 0.25) is 5.91 Å². The van der Waals surface area contributed by atoms with Crippen molar-refractivity contribution in [1.82, 2.24) is 20.4 Å². The number of nitrogens with one attached hydrogen (secondary N) is 2. The van der Waals surface area contributed by atoms with Gasteiger partial charge in [-0.05, 0) is 30.5 Å². The zero-order valence-corrected chi connectivity index (χ0v) is 19.5. The summed E-state index contributed by atoms with van der Waals surface area (Å²) in [5.41, 5.74) is 0.881. The topological polar surface area (TPSA) is 60.0 Å². The highest BCUT2D eigenvalue weighted by Crippen LogP contribution is 2.26. The number of carbonyl (C=O) groups excluding carboxylic acids is 1. The van der Waals surface area contributed by atoms with E-state index < -0.39 is 0 Å². The number of amides is 1. The second-order valence-electron chi connectivity index (χ2n) is 7.63. The fraction of sp³-hybridized carbons (Fsp3) is 0.619. The Morgan fingerprint density at radius 3 is 2.55 bits per heavy atom. The van der Waals surface area contributed by atoms with Gasteiger partial charge in [-0.3, -0.25) is 14.7 Å². The third-order valence-corrected chi connectivity index (χ3v) is 5.68. The first-order valence-corrected chi connectivity index (χ1v) is 10.4. The summed E-state index contributed by atoms with van der Waals surface area (Å²) in [6, 6.07) is 6.56. The molecule has 6 nitrogen and oxygen atoms in total. The molecule has 0 unspecified atom stereocenters. The Labute approximate surface area is 190 Å². The molecule has 0 spiro atoms. The Hall–Kier alpha value is -1.42. The van der Waals surface area contributed by atoms with E-state index in [0.29, 0.717) is 18.4 Å². The average molecular weight is 517 g/mol. The minimum atomic E-state index is -0.229. The quantitative estimate of drug-likeness (QED) is 0.346. The average Bonchev–Trinajstić information content (AvgIpc) is 3.25. The summed E-state index contributed by atoms with van der Waals surface area (Å²) in [6.07, 6.45) is 4.56. The molecule has 162 valence electrons. The third kappa shape index (κ3) is 7.40. The van der Waals surface area contributed by atoms with Crippen molar-refractivity contribution in [3.63, 3.8) is 0 Å². The van der Waals surface area contributed by atoms with Crippen LogP contribution in [-0.4, -0.2) is 68.0 Å². The lowest BCUT2D eigenvalue weighted by Gasteiger charge is -2.36. The lowest BCUT2D eigenvalue weighted by atomic mass is 10.1. The standard InChI is InChI=1S/C21H32FN5O.HI/c1-23-21(25-16-17-5-4-8-19(22)15-17)24-9-10-26-11-13-27(14-12-26)20(28)18-6-2-3-7-18;/h4-5,8,15,18H,2-3,6-7,9-14,16H2,1H3,(H2,23,24,25);1H. The van der Waals surface area contributed by atoms with Gasteiger partial charge in [0.1, 0.15) is 5.82 Å². The molecule has 1 amide bonds. The van der Waals surface area contributed by atoms with E-state index in [0.717, 1.165) is 57.7 Å². The fourth-order valence-electron chi connectivity index (χ4n) is 4.01. The van der Waals surface area contributed by atoms with Crippen LogP contribution in [0.4, 0.5) is 4.39 Å². The molecular weight excluding hydrogens is 484 g/mol. The molecule has 0 atom stereocenters. The lowest BCUT2D eigenvalue weighted by molar-refractivity contribution is -0.137. The Kier molecular flexibility index (Phi) is 10.1. The molecule has 2 N–H and O–H groups in total. The Bertz CT molecular complexity index is 673. The highest BCUT2D eigenvalue weighted by molar-refractivity contribution is 14.0. The van der Waals surface area contributed by atoms with Gasteiger partial charge in [-0.1, -0.05) is 25.0 Å². The van der Waals surface area contributed by atoms with Crippen LogP contribution in [0.25, 0.3) is 0 Å². The first kappa shape index (κ1) is 23.9. The van der Waals surface area contributed by atoms with E-state index in [9.17, 15) is 9.18 Å². The minimum absolute atomic E-state index is 0. The molecule has 1 saturated carbocycles. The molecule has 1 aromatic carbocycles. The number of rotatable bonds is 6. The van der Waals surface area contributed by atoms with Crippen LogP contribution >= 0.6 is 24.0 Å². The van der Waals surface area contributed by atoms with Crippen LogP contribution < -0.4 is 10.6 Å². The van der Waals surface area contributed by atoms with Gasteiger partial charge in [-0.25, -0.2) is 4.39 Å². The maximum absolute atomic E-state index is 13.2. The first-order valence-electron chi connectivity index (χ1n) is 10.4. The molecular formula is C21H33FIN5O. The number of piperazine rings is 1. The predicted octanol–water partition coefficient (Wildman–Crippen LogP) is 2.44. The summed E-state index contributed by atoms with van der Waals surface area (Å²) in [7, 11) is 1.73. The Balaban J connectivity index is 0.00000300. The molecule has 0 radical (unpaired) electrons. The smallest absolute Gasteiger partial charge is 0.225 e. The van der Waals surface area contributed by atoms with Gasteiger partial charge in [-0.15, -0.1) is 24.0 Å². The van der Waals surface area contributed by atoms with Gasteiger partial charge in [-0.2, -0.15) is 0 Å². The SMILES string of the molecule is CN=C(NCCN1CCN(C(=O)C2CCCC2)CC1)NCc1cccc(F)c1.I. The van der Waals surface area contributed by atoms with Crippen molar-refractivity contribution in [1.29, 1.82) is 0 Å². The molecule has 3 rings (SSSR count). The van der Waals surface area contributed by atoms with Crippen LogP contribution in [0.2, 0.25) is 0 Å². The maximum Gasteiger partial charge on any atom is 0.225 e. The van der Waals surface area contributed by atoms with Crippen molar-refractivity contribution in [2.75, 3.05) is 46.3 Å². The highest BCUT2D eigenvalue weighted by atomic mass is 127. The number of guanidine groups is 1. The van der Waals surface area contributed by atoms with Crippen molar-refractivity contribution in [2.24, 2.45) is 10.9 Å². The number of benzene rings is 1. The molecule has 0 bridgehead atoms. The van der Waals surface area contributed by atoms with Crippen LogP contribution in [0.5, 0.6) is 0 Å². The van der Waals surface area contributed by atoms with E-state index in [-0.39, 0.29) is 35.7 Å². The maximum atomic E-state index is 13.2. The van der Waals surface area contributed by atoms with Crippen molar-refractivity contribution in [2.45, 2.75) is 32.2 Å². The van der Waals surface area contributed by atoms with E-state index in [4.69, 9.17) is 0 Å². The van der Waals surface area contributed by atoms with Crippen LogP contribution in [0.15, 0.2) is 29.3 Å². The van der Waals surface area contributed by atoms with Crippen LogP contribution in [0.3, 0.4) is 0 Å². The largest absolute Gasteiger partial charge is 0.355 e. The second-order valence-corrected chi connectivity index (χ2v) is 7.63. The number of aliphatic imine (C=N–C) groups is 1. The third-order valence-electron chi connectivity index (χ3n) is 5.68. The number of hydrogen-bond donors (Lipinski definition) is 2. The second kappa shape index (κ2) is 12.3. The summed E-state index contributed by atoms with van der Waals surface area (Å²) in [4.78, 5) is 21.2. The molecule has 1 aliphatic heterocycles. The van der Waals surface area contributed by atoms with Gasteiger partial charge in [0, 0.05) is 58.8 Å². The lowest BCUT2D eigenvalue weighted by Crippen LogP contribution is -2.51. The number of carbonyl (C=O) groups is 1. The van der Waals surface area contributed by atoms with Gasteiger partial charge in [0.15, 0.2) is 5.96 Å². The van der Waals surface area contributed by atoms with E-state index >= 15 is 0 Å². The molecule has 2 aliphatic rings. The van der Waals surface area contributed by atoms with Crippen molar-refractivity contribution < 1.29 is 9.18 Å². The monoisotopic (exact) mass is 517 g/mol. The van der Waals surface area contributed by atoms with E-state index in [1.807, 2.05) is 6.07 Å². The first-order chi connectivity index (χ1) is 13.7. The summed E-state index contributed by atoms with van der Waals surface area (Å²) < 4.78 is 13.2. The Morgan fingerprint density at radius 1 is 1.17 bits per heavy atom. The molecule has 1 saturated heterocycles. The van der Waals surface area contributed by atoms with Gasteiger partial charge in [0.25, 0.3) is 0 Å². The molecule has 1 aliphatic carbocycles. The van der Waals surface area contributed by atoms with Crippen molar-refractivity contribution in [3.8, 4) is 0 Å². The summed E-state index contributed by atoms with van der Waals surface area (Å²) in [6.45, 7) is 5.74. The van der Waals surface area contributed by atoms with Gasteiger partial charge < -0.3 is 15.5 Å². The molecule has 1 aromatic rings. The van der Waals surface area contributed by atoms with Crippen molar-refractivity contribution >= 4 is 35.8 Å². The molecule has 29 heavy (non-hydrogen) atoms. The molecule has 2 fully saturated rings. The number of nitrogens with zero attached hydrogens (tertiary/aromatic N) is 3. The van der Waals surface area contributed by atoms with Crippen molar-refractivity contribution in [3.05, 3.63) is 35.6 Å². The minimum Gasteiger partial charge on any atom is -0.355 e. The number of halogens is 2. The summed E-state index contributed by atoms with van der Waals surface area (Å²) >= 11 is 0. The van der Waals surface area contributed by atoms with E-state index in [2.05, 4.69) is 25.4 Å². The van der Waals surface area contributed by atoms with Gasteiger partial charge in [0.05, 0.1) is 0 Å². The molecule has 1 heterocycles. The summed E-state index contributed by atoms with van der Waals surface area (Å²) in [5.74, 6) is 1.13. The zero-order valence-electron chi connectivity index (χ0n) is 17.2. The molecule has 8 heteroatoms.